The number of nitrogens with zero attached hydrogens (tertiary/aromatic N) is 2. The summed E-state index contributed by atoms with van der Waals surface area (Å²) in [6.45, 7) is 6.71. The summed E-state index contributed by atoms with van der Waals surface area (Å²) in [5.74, 6) is -1.03. The number of piperidine rings is 1. The number of hydrogen-bond acceptors (Lipinski definition) is 4. The third-order valence-corrected chi connectivity index (χ3v) is 5.17. The van der Waals surface area contributed by atoms with Crippen molar-refractivity contribution in [2.75, 3.05) is 18.0 Å². The van der Waals surface area contributed by atoms with Crippen LogP contribution in [0, 0.1) is 0 Å². The van der Waals surface area contributed by atoms with Crippen LogP contribution in [0.3, 0.4) is 0 Å². The number of carbonyl (C=O) groups excluding carboxylic acids is 2. The van der Waals surface area contributed by atoms with E-state index in [0.717, 1.165) is 31.5 Å². The van der Waals surface area contributed by atoms with Crippen LogP contribution in [-0.2, 0) is 9.53 Å². The second-order valence-electron chi connectivity index (χ2n) is 8.62. The van der Waals surface area contributed by atoms with Crippen LogP contribution in [0.1, 0.15) is 58.1 Å². The Balaban J connectivity index is 1.72. The van der Waals surface area contributed by atoms with E-state index in [1.807, 2.05) is 4.90 Å². The van der Waals surface area contributed by atoms with Gasteiger partial charge in [0.05, 0.1) is 18.5 Å². The first-order valence-electron chi connectivity index (χ1n) is 10.0. The molecule has 2 atom stereocenters. The number of carbonyl (C=O) groups is 3. The number of fused-ring (bicyclic) bond motifs is 1. The van der Waals surface area contributed by atoms with Crippen LogP contribution in [0.2, 0.25) is 0 Å². The number of amides is 3. The number of carboxylic acid groups (broad SMARTS) is 1. The Labute approximate surface area is 170 Å². The van der Waals surface area contributed by atoms with Gasteiger partial charge in [0.1, 0.15) is 5.60 Å². The average Bonchev–Trinajstić information content (AvgIpc) is 2.96. The van der Waals surface area contributed by atoms with Gasteiger partial charge in [-0.2, -0.15) is 0 Å². The van der Waals surface area contributed by atoms with Crippen molar-refractivity contribution in [3.05, 3.63) is 29.8 Å². The maximum absolute atomic E-state index is 12.7. The molecule has 1 aromatic carbocycles. The van der Waals surface area contributed by atoms with Crippen LogP contribution in [-0.4, -0.2) is 52.8 Å². The van der Waals surface area contributed by atoms with Gasteiger partial charge >= 0.3 is 18.1 Å². The fourth-order valence-electron chi connectivity index (χ4n) is 3.87. The van der Waals surface area contributed by atoms with Crippen molar-refractivity contribution in [3.63, 3.8) is 0 Å². The Kier molecular flexibility index (Phi) is 6.00. The molecular formula is C21H29N3O5. The number of anilines is 1. The minimum Gasteiger partial charge on any atom is -0.481 e. The number of ether oxygens (including phenoxy) is 1. The number of alkyl carbamates (subject to hydrolysis) is 1. The lowest BCUT2D eigenvalue weighted by molar-refractivity contribution is -0.137. The first-order chi connectivity index (χ1) is 13.6. The fraction of sp³-hybridized carbons (Fsp3) is 0.571. The lowest BCUT2D eigenvalue weighted by Gasteiger charge is -2.27. The molecule has 8 nitrogen and oxygen atoms in total. The summed E-state index contributed by atoms with van der Waals surface area (Å²) in [5, 5.41) is 11.8. The predicted molar refractivity (Wildman–Crippen MR) is 108 cm³/mol. The lowest BCUT2D eigenvalue weighted by atomic mass is 10.0. The summed E-state index contributed by atoms with van der Waals surface area (Å²) < 4.78 is 5.24. The molecule has 0 radical (unpaired) electrons. The smallest absolute Gasteiger partial charge is 0.408 e. The van der Waals surface area contributed by atoms with Crippen molar-refractivity contribution >= 4 is 23.8 Å². The van der Waals surface area contributed by atoms with E-state index in [1.165, 1.54) is 0 Å². The minimum atomic E-state index is -1.03. The number of nitrogens with one attached hydrogen (secondary N) is 1. The van der Waals surface area contributed by atoms with Crippen molar-refractivity contribution in [3.8, 4) is 0 Å². The summed E-state index contributed by atoms with van der Waals surface area (Å²) in [4.78, 5) is 39.8. The molecule has 8 heteroatoms. The van der Waals surface area contributed by atoms with E-state index in [-0.39, 0.29) is 18.5 Å². The van der Waals surface area contributed by atoms with Gasteiger partial charge in [-0.3, -0.25) is 9.69 Å². The molecule has 0 spiro atoms. The lowest BCUT2D eigenvalue weighted by Crippen LogP contribution is -2.38. The van der Waals surface area contributed by atoms with Crippen LogP contribution < -0.4 is 10.2 Å². The summed E-state index contributed by atoms with van der Waals surface area (Å²) in [6, 6.07) is 6.68. The van der Waals surface area contributed by atoms with Gasteiger partial charge in [0, 0.05) is 18.8 Å². The molecular weight excluding hydrogens is 374 g/mol. The topological polar surface area (TPSA) is 99.2 Å². The molecule has 0 aliphatic carbocycles. The second-order valence-corrected chi connectivity index (χ2v) is 8.62. The molecule has 2 saturated heterocycles. The molecule has 3 rings (SSSR count). The van der Waals surface area contributed by atoms with E-state index in [4.69, 9.17) is 4.74 Å². The van der Waals surface area contributed by atoms with Crippen molar-refractivity contribution in [1.29, 1.82) is 0 Å². The van der Waals surface area contributed by atoms with Gasteiger partial charge in [-0.15, -0.1) is 0 Å². The molecule has 0 aromatic heterocycles. The minimum absolute atomic E-state index is 0.0245. The number of benzene rings is 1. The third kappa shape index (κ3) is 5.19. The molecule has 1 aromatic rings. The standard InChI is InChI=1S/C21H29N3O5/c1-21(2,3)29-19(27)22-17(12-18(25)26)14-7-9-15(10-8-14)24-13-16-6-4-5-11-23(16)20(24)28/h7-10,16-17H,4-6,11-13H2,1-3H3,(H,22,27)(H,25,26)/t16-,17?/m0/s1. The highest BCUT2D eigenvalue weighted by atomic mass is 16.6. The van der Waals surface area contributed by atoms with Gasteiger partial charge in [-0.1, -0.05) is 12.1 Å². The molecule has 0 bridgehead atoms. The molecule has 3 amide bonds. The van der Waals surface area contributed by atoms with Crippen molar-refractivity contribution in [2.45, 2.75) is 64.1 Å². The SMILES string of the molecule is CC(C)(C)OC(=O)NC(CC(=O)O)c1ccc(N2C[C@@H]3CCCCN3C2=O)cc1. The highest BCUT2D eigenvalue weighted by Gasteiger charge is 2.39. The first kappa shape index (κ1) is 21.0. The summed E-state index contributed by atoms with van der Waals surface area (Å²) >= 11 is 0. The van der Waals surface area contributed by atoms with Crippen molar-refractivity contribution in [2.24, 2.45) is 0 Å². The largest absolute Gasteiger partial charge is 0.481 e. The Morgan fingerprint density at radius 1 is 1.24 bits per heavy atom. The number of carboxylic acids is 1. The van der Waals surface area contributed by atoms with Gasteiger partial charge < -0.3 is 20.1 Å². The molecule has 2 heterocycles. The summed E-state index contributed by atoms with van der Waals surface area (Å²) in [6.07, 6.45) is 2.29. The molecule has 29 heavy (non-hydrogen) atoms. The predicted octanol–water partition coefficient (Wildman–Crippen LogP) is 3.52. The molecule has 2 aliphatic rings. The van der Waals surface area contributed by atoms with E-state index < -0.39 is 23.7 Å². The van der Waals surface area contributed by atoms with Crippen LogP contribution in [0.4, 0.5) is 15.3 Å². The Hall–Kier alpha value is -2.77. The average molecular weight is 403 g/mol. The molecule has 158 valence electrons. The van der Waals surface area contributed by atoms with Gasteiger partial charge in [-0.25, -0.2) is 9.59 Å². The highest BCUT2D eigenvalue weighted by Crippen LogP contribution is 2.30. The summed E-state index contributed by atoms with van der Waals surface area (Å²) in [7, 11) is 0. The molecule has 0 saturated carbocycles. The van der Waals surface area contributed by atoms with E-state index >= 15 is 0 Å². The Morgan fingerprint density at radius 3 is 2.52 bits per heavy atom. The molecule has 2 N–H and O–H groups in total. The quantitative estimate of drug-likeness (QED) is 0.784. The van der Waals surface area contributed by atoms with E-state index in [1.54, 1.807) is 49.9 Å². The van der Waals surface area contributed by atoms with Crippen molar-refractivity contribution in [1.82, 2.24) is 10.2 Å². The zero-order valence-corrected chi connectivity index (χ0v) is 17.2. The monoisotopic (exact) mass is 403 g/mol. The maximum atomic E-state index is 12.7. The Bertz CT molecular complexity index is 772. The summed E-state index contributed by atoms with van der Waals surface area (Å²) in [5.41, 5.74) is 0.745. The number of hydrogen-bond donors (Lipinski definition) is 2. The molecule has 2 aliphatic heterocycles. The zero-order chi connectivity index (χ0) is 21.2. The van der Waals surface area contributed by atoms with Crippen molar-refractivity contribution < 1.29 is 24.2 Å². The van der Waals surface area contributed by atoms with E-state index in [9.17, 15) is 19.5 Å². The molecule has 1 unspecified atom stereocenters. The first-order valence-corrected chi connectivity index (χ1v) is 10.0. The normalized spacial score (nSPS) is 20.2. The highest BCUT2D eigenvalue weighted by molar-refractivity contribution is 5.94. The molecule has 2 fully saturated rings. The van der Waals surface area contributed by atoms with E-state index in [2.05, 4.69) is 5.32 Å². The maximum Gasteiger partial charge on any atom is 0.408 e. The number of urea groups is 1. The van der Waals surface area contributed by atoms with Gasteiger partial charge in [0.25, 0.3) is 0 Å². The van der Waals surface area contributed by atoms with Gasteiger partial charge in [-0.05, 0) is 57.7 Å². The van der Waals surface area contributed by atoms with Crippen LogP contribution in [0.25, 0.3) is 0 Å². The van der Waals surface area contributed by atoms with Gasteiger partial charge in [0.2, 0.25) is 0 Å². The van der Waals surface area contributed by atoms with Crippen LogP contribution >= 0.6 is 0 Å². The zero-order valence-electron chi connectivity index (χ0n) is 17.2. The van der Waals surface area contributed by atoms with Crippen LogP contribution in [0.15, 0.2) is 24.3 Å². The Morgan fingerprint density at radius 2 is 1.93 bits per heavy atom. The third-order valence-electron chi connectivity index (χ3n) is 5.17. The van der Waals surface area contributed by atoms with E-state index in [0.29, 0.717) is 12.1 Å². The second kappa shape index (κ2) is 8.31. The van der Waals surface area contributed by atoms with Crippen LogP contribution in [0.5, 0.6) is 0 Å². The number of rotatable bonds is 5. The number of aliphatic carboxylic acids is 1. The fourth-order valence-corrected chi connectivity index (χ4v) is 3.87. The van der Waals surface area contributed by atoms with Gasteiger partial charge in [0.15, 0.2) is 0 Å².